The van der Waals surface area contributed by atoms with E-state index < -0.39 is 29.0 Å². The predicted molar refractivity (Wildman–Crippen MR) is 86.2 cm³/mol. The molecule has 1 heterocycles. The highest BCUT2D eigenvalue weighted by atomic mass is 17.2. The molecular weight excluding hydrogens is 336 g/mol. The second-order valence-corrected chi connectivity index (χ2v) is 5.35. The number of carboxylic acid groups (broad SMARTS) is 1. The Morgan fingerprint density at radius 3 is 2.48 bits per heavy atom. The fourth-order valence-corrected chi connectivity index (χ4v) is 2.49. The Kier molecular flexibility index (Phi) is 5.20. The SMILES string of the molecule is CC(=O)N[C@@H](Cc1c(C)c(NOO)cc2[nH]c(=O)c(=O)[nH]c12)C(=O)O. The van der Waals surface area contributed by atoms with Crippen molar-refractivity contribution in [3.05, 3.63) is 37.9 Å². The molecule has 0 unspecified atom stereocenters. The highest BCUT2D eigenvalue weighted by Crippen LogP contribution is 2.27. The third kappa shape index (κ3) is 3.84. The van der Waals surface area contributed by atoms with Crippen molar-refractivity contribution >= 4 is 28.6 Å². The van der Waals surface area contributed by atoms with E-state index in [1.807, 2.05) is 0 Å². The number of hydrogen-bond acceptors (Lipinski definition) is 7. The van der Waals surface area contributed by atoms with Gasteiger partial charge in [-0.1, -0.05) is 0 Å². The number of nitrogens with one attached hydrogen (secondary N) is 4. The minimum atomic E-state index is -1.27. The zero-order valence-corrected chi connectivity index (χ0v) is 13.3. The van der Waals surface area contributed by atoms with E-state index in [9.17, 15) is 24.3 Å². The average Bonchev–Trinajstić information content (AvgIpc) is 2.52. The van der Waals surface area contributed by atoms with E-state index in [0.717, 1.165) is 0 Å². The van der Waals surface area contributed by atoms with E-state index in [-0.39, 0.29) is 23.1 Å². The average molecular weight is 352 g/mol. The van der Waals surface area contributed by atoms with Gasteiger partial charge in [-0.05, 0) is 24.1 Å². The van der Waals surface area contributed by atoms with Gasteiger partial charge < -0.3 is 20.4 Å². The molecule has 0 spiro atoms. The molecule has 6 N–H and O–H groups in total. The summed E-state index contributed by atoms with van der Waals surface area (Å²) in [4.78, 5) is 54.4. The summed E-state index contributed by atoms with van der Waals surface area (Å²) in [6.07, 6.45) is -0.180. The first-order chi connectivity index (χ1) is 11.7. The normalized spacial score (nSPS) is 12.0. The van der Waals surface area contributed by atoms with Crippen LogP contribution in [0.4, 0.5) is 5.69 Å². The maximum Gasteiger partial charge on any atom is 0.326 e. The molecule has 0 saturated carbocycles. The Balaban J connectivity index is 2.69. The summed E-state index contributed by atoms with van der Waals surface area (Å²) in [7, 11) is 0. The third-order valence-corrected chi connectivity index (χ3v) is 3.65. The summed E-state index contributed by atoms with van der Waals surface area (Å²) < 4.78 is 0. The zero-order valence-electron chi connectivity index (χ0n) is 13.3. The number of carbonyl (C=O) groups is 2. The van der Waals surface area contributed by atoms with Crippen LogP contribution in [0, 0.1) is 6.92 Å². The Morgan fingerprint density at radius 1 is 1.28 bits per heavy atom. The third-order valence-electron chi connectivity index (χ3n) is 3.65. The number of rotatable bonds is 6. The monoisotopic (exact) mass is 352 g/mol. The number of carbonyl (C=O) groups excluding carboxylic acids is 1. The standard InChI is InChI=1S/C14H16N4O7/c1-5-7(3-10(14(22)23)15-6(2)19)11-9(4-8(5)18-25-24)16-12(20)13(21)17-11/h4,10,18,24H,3H2,1-2H3,(H,15,19)(H,16,20)(H,17,21)(H,22,23)/t10-/m0/s1. The van der Waals surface area contributed by atoms with E-state index in [1.54, 1.807) is 6.92 Å². The number of benzene rings is 1. The van der Waals surface area contributed by atoms with Crippen LogP contribution in [-0.2, 0) is 21.0 Å². The lowest BCUT2D eigenvalue weighted by Crippen LogP contribution is -2.41. The molecule has 2 rings (SSSR count). The number of aromatic nitrogens is 2. The fourth-order valence-electron chi connectivity index (χ4n) is 2.49. The minimum absolute atomic E-state index is 0.180. The largest absolute Gasteiger partial charge is 0.480 e. The van der Waals surface area contributed by atoms with Crippen molar-refractivity contribution in [2.24, 2.45) is 0 Å². The lowest BCUT2D eigenvalue weighted by atomic mass is 9.97. The number of hydrogen-bond donors (Lipinski definition) is 6. The summed E-state index contributed by atoms with van der Waals surface area (Å²) in [6, 6.07) is 0.135. The fraction of sp³-hybridized carbons (Fsp3) is 0.286. The van der Waals surface area contributed by atoms with Crippen LogP contribution in [0.2, 0.25) is 0 Å². The summed E-state index contributed by atoms with van der Waals surface area (Å²) in [5, 5.41) is 20.2. The molecule has 0 fully saturated rings. The molecule has 1 atom stereocenters. The Hall–Kier alpha value is -3.18. The molecular formula is C14H16N4O7. The van der Waals surface area contributed by atoms with E-state index in [0.29, 0.717) is 11.1 Å². The number of amides is 1. The van der Waals surface area contributed by atoms with Gasteiger partial charge in [-0.15, -0.1) is 4.99 Å². The molecule has 0 aliphatic carbocycles. The van der Waals surface area contributed by atoms with E-state index in [1.165, 1.54) is 13.0 Å². The zero-order chi connectivity index (χ0) is 18.7. The Morgan fingerprint density at radius 2 is 1.92 bits per heavy atom. The van der Waals surface area contributed by atoms with Gasteiger partial charge in [0.2, 0.25) is 5.91 Å². The topological polar surface area (TPSA) is 174 Å². The lowest BCUT2D eigenvalue weighted by molar-refractivity contribution is -0.215. The molecule has 11 heteroatoms. The number of H-pyrrole nitrogens is 2. The summed E-state index contributed by atoms with van der Waals surface area (Å²) >= 11 is 0. The van der Waals surface area contributed by atoms with E-state index in [2.05, 4.69) is 25.8 Å². The molecule has 0 radical (unpaired) electrons. The number of fused-ring (bicyclic) bond motifs is 1. The molecule has 1 amide bonds. The molecule has 0 bridgehead atoms. The Labute approximate surface area is 139 Å². The number of carboxylic acids is 1. The van der Waals surface area contributed by atoms with Crippen LogP contribution in [0.15, 0.2) is 15.7 Å². The summed E-state index contributed by atoms with van der Waals surface area (Å²) in [5.74, 6) is -1.81. The predicted octanol–water partition coefficient (Wildman–Crippen LogP) is -0.527. The molecule has 0 aliphatic heterocycles. The van der Waals surface area contributed by atoms with Gasteiger partial charge >= 0.3 is 17.1 Å². The van der Waals surface area contributed by atoms with Gasteiger partial charge in [0.1, 0.15) is 6.04 Å². The maximum atomic E-state index is 11.6. The van der Waals surface area contributed by atoms with Gasteiger partial charge in [-0.25, -0.2) is 15.5 Å². The van der Waals surface area contributed by atoms with Crippen LogP contribution in [-0.4, -0.2) is 38.3 Å². The van der Waals surface area contributed by atoms with Gasteiger partial charge in [0.25, 0.3) is 0 Å². The van der Waals surface area contributed by atoms with Crippen molar-refractivity contribution in [1.82, 2.24) is 15.3 Å². The van der Waals surface area contributed by atoms with Crippen LogP contribution >= 0.6 is 0 Å². The maximum absolute atomic E-state index is 11.6. The second-order valence-electron chi connectivity index (χ2n) is 5.35. The first kappa shape index (κ1) is 18.2. The van der Waals surface area contributed by atoms with Crippen molar-refractivity contribution in [2.45, 2.75) is 26.3 Å². The van der Waals surface area contributed by atoms with E-state index >= 15 is 0 Å². The van der Waals surface area contributed by atoms with Gasteiger partial charge in [-0.3, -0.25) is 14.4 Å². The number of aromatic amines is 2. The second kappa shape index (κ2) is 7.15. The highest BCUT2D eigenvalue weighted by molar-refractivity contribution is 5.87. The van der Waals surface area contributed by atoms with Gasteiger partial charge in [-0.2, -0.15) is 0 Å². The summed E-state index contributed by atoms with van der Waals surface area (Å²) in [6.45, 7) is 2.77. The van der Waals surface area contributed by atoms with Gasteiger partial charge in [0.05, 0.1) is 16.7 Å². The van der Waals surface area contributed by atoms with Gasteiger partial charge in [0.15, 0.2) is 0 Å². The van der Waals surface area contributed by atoms with Crippen LogP contribution < -0.4 is 21.9 Å². The lowest BCUT2D eigenvalue weighted by Gasteiger charge is -2.18. The van der Waals surface area contributed by atoms with Crippen LogP contribution in [0.3, 0.4) is 0 Å². The molecule has 134 valence electrons. The molecule has 0 aliphatic rings. The first-order valence-electron chi connectivity index (χ1n) is 7.09. The van der Waals surface area contributed by atoms with Crippen molar-refractivity contribution in [3.8, 4) is 0 Å². The van der Waals surface area contributed by atoms with Crippen molar-refractivity contribution < 1.29 is 24.9 Å². The molecule has 0 saturated heterocycles. The molecule has 1 aromatic carbocycles. The molecule has 11 nitrogen and oxygen atoms in total. The van der Waals surface area contributed by atoms with E-state index in [4.69, 9.17) is 5.26 Å². The number of aliphatic carboxylic acids is 1. The molecule has 2 aromatic rings. The number of anilines is 1. The van der Waals surface area contributed by atoms with Crippen molar-refractivity contribution in [2.75, 3.05) is 5.48 Å². The summed E-state index contributed by atoms with van der Waals surface area (Å²) in [5.41, 5.74) is 1.82. The smallest absolute Gasteiger partial charge is 0.326 e. The first-order valence-corrected chi connectivity index (χ1v) is 7.09. The van der Waals surface area contributed by atoms with Crippen LogP contribution in [0.25, 0.3) is 11.0 Å². The quantitative estimate of drug-likeness (QED) is 0.229. The van der Waals surface area contributed by atoms with Crippen LogP contribution in [0.1, 0.15) is 18.1 Å². The molecule has 1 aromatic heterocycles. The minimum Gasteiger partial charge on any atom is -0.480 e. The van der Waals surface area contributed by atoms with Gasteiger partial charge in [0, 0.05) is 13.3 Å². The van der Waals surface area contributed by atoms with Crippen molar-refractivity contribution in [1.29, 1.82) is 0 Å². The Bertz CT molecular complexity index is 947. The highest BCUT2D eigenvalue weighted by Gasteiger charge is 2.23. The molecule has 25 heavy (non-hydrogen) atoms. The van der Waals surface area contributed by atoms with Crippen molar-refractivity contribution in [3.63, 3.8) is 0 Å². The van der Waals surface area contributed by atoms with Crippen LogP contribution in [0.5, 0.6) is 0 Å².